The van der Waals surface area contributed by atoms with Crippen molar-refractivity contribution in [3.05, 3.63) is 59.4 Å². The summed E-state index contributed by atoms with van der Waals surface area (Å²) in [4.78, 5) is -0.135. The maximum absolute atomic E-state index is 13.6. The van der Waals surface area contributed by atoms with E-state index in [0.717, 1.165) is 12.1 Å². The van der Waals surface area contributed by atoms with Crippen LogP contribution >= 0.6 is 11.8 Å². The second-order valence-corrected chi connectivity index (χ2v) is 4.63. The summed E-state index contributed by atoms with van der Waals surface area (Å²) in [7, 11) is 0. The van der Waals surface area contributed by atoms with Crippen molar-refractivity contribution in [2.45, 2.75) is 16.4 Å². The van der Waals surface area contributed by atoms with Gasteiger partial charge in [0.15, 0.2) is 0 Å². The molecule has 0 aliphatic carbocycles. The van der Waals surface area contributed by atoms with Gasteiger partial charge in [0.05, 0.1) is 11.5 Å². The van der Waals surface area contributed by atoms with Gasteiger partial charge in [-0.2, -0.15) is 0 Å². The Morgan fingerprint density at radius 2 is 1.56 bits per heavy atom. The van der Waals surface area contributed by atoms with E-state index in [1.54, 1.807) is 6.07 Å². The van der Waals surface area contributed by atoms with E-state index in [0.29, 0.717) is 11.8 Å². The van der Waals surface area contributed by atoms with Crippen LogP contribution in [0.5, 0.6) is 0 Å². The van der Waals surface area contributed by atoms with Crippen LogP contribution in [-0.4, -0.2) is 5.11 Å². The van der Waals surface area contributed by atoms with E-state index >= 15 is 0 Å². The molecule has 18 heavy (non-hydrogen) atoms. The van der Waals surface area contributed by atoms with Gasteiger partial charge in [0.2, 0.25) is 0 Å². The topological polar surface area (TPSA) is 20.2 Å². The van der Waals surface area contributed by atoms with Crippen molar-refractivity contribution in [3.8, 4) is 0 Å². The van der Waals surface area contributed by atoms with Crippen LogP contribution in [0.4, 0.5) is 13.2 Å². The van der Waals surface area contributed by atoms with E-state index in [9.17, 15) is 13.2 Å². The van der Waals surface area contributed by atoms with E-state index < -0.39 is 24.1 Å². The largest absolute Gasteiger partial charge is 0.392 e. The van der Waals surface area contributed by atoms with E-state index in [-0.39, 0.29) is 15.4 Å². The molecule has 0 unspecified atom stereocenters. The molecular weight excluding hydrogens is 261 g/mol. The molecule has 0 bridgehead atoms. The maximum Gasteiger partial charge on any atom is 0.140 e. The van der Waals surface area contributed by atoms with E-state index in [2.05, 4.69) is 0 Å². The minimum atomic E-state index is -0.813. The Hall–Kier alpha value is -1.46. The smallest absolute Gasteiger partial charge is 0.140 e. The third kappa shape index (κ3) is 2.68. The van der Waals surface area contributed by atoms with Gasteiger partial charge >= 0.3 is 0 Å². The number of aliphatic hydroxyl groups excluding tert-OH is 1. The van der Waals surface area contributed by atoms with E-state index in [4.69, 9.17) is 5.11 Å². The summed E-state index contributed by atoms with van der Waals surface area (Å²) in [5, 5.41) is 8.81. The molecule has 0 spiro atoms. The van der Waals surface area contributed by atoms with Crippen molar-refractivity contribution in [2.24, 2.45) is 0 Å². The molecule has 0 radical (unpaired) electrons. The van der Waals surface area contributed by atoms with Gasteiger partial charge < -0.3 is 5.11 Å². The molecule has 1 N–H and O–H groups in total. The first-order chi connectivity index (χ1) is 8.61. The highest BCUT2D eigenvalue weighted by molar-refractivity contribution is 7.99. The summed E-state index contributed by atoms with van der Waals surface area (Å²) in [6, 6.07) is 7.82. The fourth-order valence-corrected chi connectivity index (χ4v) is 2.28. The Bertz CT molecular complexity index is 549. The molecule has 0 aromatic heterocycles. The summed E-state index contributed by atoms with van der Waals surface area (Å²) >= 11 is 0.680. The lowest BCUT2D eigenvalue weighted by Crippen LogP contribution is -1.93. The summed E-state index contributed by atoms with van der Waals surface area (Å²) in [5.74, 6) is -2.16. The predicted octanol–water partition coefficient (Wildman–Crippen LogP) is 3.75. The lowest BCUT2D eigenvalue weighted by atomic mass is 10.2. The highest BCUT2D eigenvalue weighted by Crippen LogP contribution is 2.34. The lowest BCUT2D eigenvalue weighted by molar-refractivity contribution is 0.280. The van der Waals surface area contributed by atoms with Gasteiger partial charge in [0.1, 0.15) is 17.5 Å². The number of hydrogen-bond acceptors (Lipinski definition) is 2. The van der Waals surface area contributed by atoms with Gasteiger partial charge in [-0.05, 0) is 29.8 Å². The number of rotatable bonds is 3. The Labute approximate surface area is 106 Å². The average Bonchev–Trinajstić information content (AvgIpc) is 2.35. The maximum atomic E-state index is 13.6. The van der Waals surface area contributed by atoms with Gasteiger partial charge in [0.25, 0.3) is 0 Å². The number of aliphatic hydroxyl groups is 1. The van der Waals surface area contributed by atoms with E-state index in [1.165, 1.54) is 18.2 Å². The van der Waals surface area contributed by atoms with E-state index in [1.807, 2.05) is 0 Å². The summed E-state index contributed by atoms with van der Waals surface area (Å²) in [5.41, 5.74) is 0.142. The second-order valence-electron chi connectivity index (χ2n) is 3.58. The van der Waals surface area contributed by atoms with Crippen LogP contribution in [0.25, 0.3) is 0 Å². The highest BCUT2D eigenvalue weighted by atomic mass is 32.2. The van der Waals surface area contributed by atoms with Crippen molar-refractivity contribution < 1.29 is 18.3 Å². The quantitative estimate of drug-likeness (QED) is 0.916. The molecule has 2 rings (SSSR count). The number of hydrogen-bond donors (Lipinski definition) is 1. The first-order valence-electron chi connectivity index (χ1n) is 5.13. The Balaban J connectivity index is 2.38. The van der Waals surface area contributed by atoms with Crippen molar-refractivity contribution in [3.63, 3.8) is 0 Å². The molecule has 94 valence electrons. The molecule has 0 fully saturated rings. The Kier molecular flexibility index (Phi) is 3.93. The van der Waals surface area contributed by atoms with Crippen LogP contribution in [-0.2, 0) is 6.61 Å². The third-order valence-corrected chi connectivity index (χ3v) is 3.43. The summed E-state index contributed by atoms with van der Waals surface area (Å²) in [6.07, 6.45) is 0. The van der Waals surface area contributed by atoms with Crippen LogP contribution in [0, 0.1) is 17.5 Å². The first-order valence-corrected chi connectivity index (χ1v) is 5.94. The normalized spacial score (nSPS) is 10.7. The third-order valence-electron chi connectivity index (χ3n) is 2.29. The summed E-state index contributed by atoms with van der Waals surface area (Å²) in [6.45, 7) is -0.446. The molecule has 0 heterocycles. The zero-order valence-electron chi connectivity index (χ0n) is 9.16. The monoisotopic (exact) mass is 270 g/mol. The van der Waals surface area contributed by atoms with Gasteiger partial charge in [-0.15, -0.1) is 0 Å². The van der Waals surface area contributed by atoms with Crippen LogP contribution in [0.1, 0.15) is 5.56 Å². The lowest BCUT2D eigenvalue weighted by Gasteiger charge is -2.07. The fraction of sp³-hybridized carbons (Fsp3) is 0.0769. The van der Waals surface area contributed by atoms with Crippen LogP contribution in [0.3, 0.4) is 0 Å². The molecule has 0 aliphatic heterocycles. The molecule has 5 heteroatoms. The van der Waals surface area contributed by atoms with Crippen molar-refractivity contribution >= 4 is 11.8 Å². The molecular formula is C13H9F3OS. The van der Waals surface area contributed by atoms with Crippen LogP contribution < -0.4 is 0 Å². The first kappa shape index (κ1) is 13.0. The molecule has 0 saturated carbocycles. The molecule has 1 nitrogen and oxygen atoms in total. The molecule has 0 aliphatic rings. The van der Waals surface area contributed by atoms with Crippen molar-refractivity contribution in [2.75, 3.05) is 0 Å². The van der Waals surface area contributed by atoms with Gasteiger partial charge in [-0.1, -0.05) is 23.9 Å². The zero-order chi connectivity index (χ0) is 13.1. The standard InChI is InChI=1S/C13H9F3OS/c14-9-3-1-2-4-12(9)18-13-10(15)5-8(7-17)6-11(13)16/h1-6,17H,7H2. The molecule has 0 saturated heterocycles. The SMILES string of the molecule is OCc1cc(F)c(Sc2ccccc2F)c(F)c1. The average molecular weight is 270 g/mol. The minimum Gasteiger partial charge on any atom is -0.392 e. The number of halogens is 3. The predicted molar refractivity (Wildman–Crippen MR) is 62.8 cm³/mol. The molecule has 0 amide bonds. The highest BCUT2D eigenvalue weighted by Gasteiger charge is 2.14. The van der Waals surface area contributed by atoms with Crippen molar-refractivity contribution in [1.82, 2.24) is 0 Å². The Morgan fingerprint density at radius 1 is 0.944 bits per heavy atom. The van der Waals surface area contributed by atoms with Gasteiger partial charge in [-0.3, -0.25) is 0 Å². The molecule has 0 atom stereocenters. The van der Waals surface area contributed by atoms with Crippen LogP contribution in [0.2, 0.25) is 0 Å². The second kappa shape index (κ2) is 5.46. The van der Waals surface area contributed by atoms with Crippen LogP contribution in [0.15, 0.2) is 46.2 Å². The zero-order valence-corrected chi connectivity index (χ0v) is 9.98. The minimum absolute atomic E-state index is 0.142. The Morgan fingerprint density at radius 3 is 2.11 bits per heavy atom. The molecule has 2 aromatic rings. The molecule has 2 aromatic carbocycles. The van der Waals surface area contributed by atoms with Gasteiger partial charge in [-0.25, -0.2) is 13.2 Å². The summed E-state index contributed by atoms with van der Waals surface area (Å²) < 4.78 is 40.6. The number of benzene rings is 2. The van der Waals surface area contributed by atoms with Gasteiger partial charge in [0, 0.05) is 4.90 Å². The fourth-order valence-electron chi connectivity index (χ4n) is 1.44. The van der Waals surface area contributed by atoms with Crippen molar-refractivity contribution in [1.29, 1.82) is 0 Å².